The molecule has 3 amide bonds. The minimum Gasteiger partial charge on any atom is -0.366 e. The summed E-state index contributed by atoms with van der Waals surface area (Å²) >= 11 is 0. The number of rotatable bonds is 6. The average Bonchev–Trinajstić information content (AvgIpc) is 2.86. The van der Waals surface area contributed by atoms with E-state index in [1.165, 1.54) is 0 Å². The van der Waals surface area contributed by atoms with Gasteiger partial charge in [0, 0.05) is 19.5 Å². The fraction of sp³-hybridized carbons (Fsp3) is 0.438. The van der Waals surface area contributed by atoms with E-state index < -0.39 is 5.91 Å². The number of carbonyl (C=O) groups is 3. The molecule has 6 heteroatoms. The van der Waals surface area contributed by atoms with Gasteiger partial charge in [0.2, 0.25) is 11.8 Å². The molecule has 1 heterocycles. The van der Waals surface area contributed by atoms with Crippen molar-refractivity contribution in [1.29, 1.82) is 0 Å². The Balaban J connectivity index is 2.02. The first kappa shape index (κ1) is 16.0. The summed E-state index contributed by atoms with van der Waals surface area (Å²) in [6.45, 7) is 3.19. The third-order valence-corrected chi connectivity index (χ3v) is 3.82. The van der Waals surface area contributed by atoms with Crippen LogP contribution in [0.25, 0.3) is 0 Å². The van der Waals surface area contributed by atoms with E-state index in [0.717, 1.165) is 12.8 Å². The van der Waals surface area contributed by atoms with Gasteiger partial charge in [-0.25, -0.2) is 0 Å². The van der Waals surface area contributed by atoms with Crippen LogP contribution in [0.5, 0.6) is 0 Å². The number of likely N-dealkylation sites (tertiary alicyclic amines) is 1. The minimum absolute atomic E-state index is 0.0109. The number of hydrogen-bond donors (Lipinski definition) is 2. The Kier molecular flexibility index (Phi) is 5.14. The smallest absolute Gasteiger partial charge is 0.250 e. The predicted molar refractivity (Wildman–Crippen MR) is 83.2 cm³/mol. The highest BCUT2D eigenvalue weighted by molar-refractivity contribution is 6.04. The van der Waals surface area contributed by atoms with Crippen LogP contribution in [-0.2, 0) is 9.59 Å². The monoisotopic (exact) mass is 303 g/mol. The molecule has 0 radical (unpaired) electrons. The van der Waals surface area contributed by atoms with Crippen LogP contribution in [0, 0.1) is 5.92 Å². The molecule has 1 aliphatic rings. The minimum atomic E-state index is -0.594. The fourth-order valence-electron chi connectivity index (χ4n) is 2.55. The van der Waals surface area contributed by atoms with Gasteiger partial charge in [-0.15, -0.1) is 0 Å². The number of benzene rings is 1. The lowest BCUT2D eigenvalue weighted by Gasteiger charge is -2.16. The first-order valence-electron chi connectivity index (χ1n) is 7.50. The van der Waals surface area contributed by atoms with Crippen molar-refractivity contribution < 1.29 is 14.4 Å². The maximum absolute atomic E-state index is 12.3. The van der Waals surface area contributed by atoms with Gasteiger partial charge in [-0.3, -0.25) is 14.4 Å². The quantitative estimate of drug-likeness (QED) is 0.831. The molecule has 22 heavy (non-hydrogen) atoms. The molecule has 118 valence electrons. The molecular formula is C16H21N3O3. The molecule has 3 N–H and O–H groups in total. The van der Waals surface area contributed by atoms with E-state index in [9.17, 15) is 14.4 Å². The van der Waals surface area contributed by atoms with Gasteiger partial charge in [-0.05, 0) is 18.6 Å². The van der Waals surface area contributed by atoms with E-state index in [2.05, 4.69) is 12.2 Å². The molecule has 6 nitrogen and oxygen atoms in total. The number of unbranched alkanes of at least 4 members (excludes halogenated alkanes) is 1. The summed E-state index contributed by atoms with van der Waals surface area (Å²) in [7, 11) is 0. The van der Waals surface area contributed by atoms with Crippen LogP contribution < -0.4 is 11.1 Å². The van der Waals surface area contributed by atoms with Crippen molar-refractivity contribution in [1.82, 2.24) is 4.90 Å². The highest BCUT2D eigenvalue weighted by Gasteiger charge is 2.34. The van der Waals surface area contributed by atoms with Crippen LogP contribution in [-0.4, -0.2) is 35.7 Å². The molecule has 0 aromatic heterocycles. The average molecular weight is 303 g/mol. The van der Waals surface area contributed by atoms with E-state index >= 15 is 0 Å². The number of primary amides is 1. The molecule has 0 bridgehead atoms. The molecule has 2 rings (SSSR count). The van der Waals surface area contributed by atoms with Crippen molar-refractivity contribution >= 4 is 23.4 Å². The van der Waals surface area contributed by atoms with Gasteiger partial charge in [0.05, 0.1) is 17.2 Å². The third-order valence-electron chi connectivity index (χ3n) is 3.82. The van der Waals surface area contributed by atoms with Crippen LogP contribution in [0.2, 0.25) is 0 Å². The number of anilines is 1. The lowest BCUT2D eigenvalue weighted by Crippen LogP contribution is -2.29. The summed E-state index contributed by atoms with van der Waals surface area (Å²) in [5.41, 5.74) is 5.95. The molecule has 1 aliphatic heterocycles. The van der Waals surface area contributed by atoms with Crippen molar-refractivity contribution in [2.75, 3.05) is 18.4 Å². The molecule has 0 saturated carbocycles. The Hall–Kier alpha value is -2.37. The summed E-state index contributed by atoms with van der Waals surface area (Å²) in [6, 6.07) is 6.59. The number of nitrogens with two attached hydrogens (primary N) is 1. The summed E-state index contributed by atoms with van der Waals surface area (Å²) < 4.78 is 0. The Morgan fingerprint density at radius 1 is 1.36 bits per heavy atom. The van der Waals surface area contributed by atoms with E-state index in [0.29, 0.717) is 18.8 Å². The summed E-state index contributed by atoms with van der Waals surface area (Å²) in [5, 5.41) is 2.71. The zero-order chi connectivity index (χ0) is 16.1. The van der Waals surface area contributed by atoms with E-state index in [1.54, 1.807) is 29.2 Å². The largest absolute Gasteiger partial charge is 0.366 e. The summed E-state index contributed by atoms with van der Waals surface area (Å²) in [4.78, 5) is 37.3. The molecule has 1 atom stereocenters. The number of carbonyl (C=O) groups excluding carboxylic acids is 3. The number of nitrogens with zero attached hydrogens (tertiary/aromatic N) is 1. The first-order valence-corrected chi connectivity index (χ1v) is 7.50. The topological polar surface area (TPSA) is 92.5 Å². The van der Waals surface area contributed by atoms with Gasteiger partial charge >= 0.3 is 0 Å². The third kappa shape index (κ3) is 3.63. The van der Waals surface area contributed by atoms with Gasteiger partial charge in [0.1, 0.15) is 0 Å². The van der Waals surface area contributed by atoms with Crippen molar-refractivity contribution in [2.24, 2.45) is 11.7 Å². The van der Waals surface area contributed by atoms with Gasteiger partial charge in [0.15, 0.2) is 0 Å². The summed E-state index contributed by atoms with van der Waals surface area (Å²) in [5.74, 6) is -1.22. The lowest BCUT2D eigenvalue weighted by molar-refractivity contribution is -0.128. The van der Waals surface area contributed by atoms with Crippen LogP contribution in [0.4, 0.5) is 5.69 Å². The van der Waals surface area contributed by atoms with Gasteiger partial charge in [-0.2, -0.15) is 0 Å². The SMILES string of the molecule is CCCCN1CC(C(=O)Nc2ccccc2C(N)=O)CC1=O. The van der Waals surface area contributed by atoms with Gasteiger partial charge in [-0.1, -0.05) is 25.5 Å². The lowest BCUT2D eigenvalue weighted by atomic mass is 10.1. The van der Waals surface area contributed by atoms with Crippen molar-refractivity contribution in [2.45, 2.75) is 26.2 Å². The Morgan fingerprint density at radius 3 is 2.77 bits per heavy atom. The molecular weight excluding hydrogens is 282 g/mol. The number of para-hydroxylation sites is 1. The standard InChI is InChI=1S/C16H21N3O3/c1-2-3-8-19-10-11(9-14(19)20)16(22)18-13-7-5-4-6-12(13)15(17)21/h4-7,11H,2-3,8-10H2,1H3,(H2,17,21)(H,18,22). The fourth-order valence-corrected chi connectivity index (χ4v) is 2.55. The second-order valence-electron chi connectivity index (χ2n) is 5.49. The van der Waals surface area contributed by atoms with E-state index in [1.807, 2.05) is 0 Å². The predicted octanol–water partition coefficient (Wildman–Crippen LogP) is 1.37. The highest BCUT2D eigenvalue weighted by atomic mass is 16.2. The normalized spacial score (nSPS) is 17.6. The molecule has 0 spiro atoms. The van der Waals surface area contributed by atoms with Crippen LogP contribution in [0.1, 0.15) is 36.5 Å². The van der Waals surface area contributed by atoms with E-state index in [-0.39, 0.29) is 29.7 Å². The number of nitrogens with one attached hydrogen (secondary N) is 1. The molecule has 1 unspecified atom stereocenters. The van der Waals surface area contributed by atoms with Crippen LogP contribution in [0.15, 0.2) is 24.3 Å². The number of amides is 3. The van der Waals surface area contributed by atoms with Gasteiger partial charge < -0.3 is 16.0 Å². The van der Waals surface area contributed by atoms with Gasteiger partial charge in [0.25, 0.3) is 5.91 Å². The molecule has 1 saturated heterocycles. The molecule has 1 fully saturated rings. The Bertz CT molecular complexity index is 586. The maximum Gasteiger partial charge on any atom is 0.250 e. The zero-order valence-electron chi connectivity index (χ0n) is 12.7. The second-order valence-corrected chi connectivity index (χ2v) is 5.49. The van der Waals surface area contributed by atoms with Crippen molar-refractivity contribution in [3.8, 4) is 0 Å². The highest BCUT2D eigenvalue weighted by Crippen LogP contribution is 2.21. The maximum atomic E-state index is 12.3. The van der Waals surface area contributed by atoms with Crippen molar-refractivity contribution in [3.63, 3.8) is 0 Å². The molecule has 1 aromatic carbocycles. The Morgan fingerprint density at radius 2 is 2.09 bits per heavy atom. The van der Waals surface area contributed by atoms with E-state index in [4.69, 9.17) is 5.73 Å². The first-order chi connectivity index (χ1) is 10.5. The summed E-state index contributed by atoms with van der Waals surface area (Å²) in [6.07, 6.45) is 2.16. The molecule has 1 aromatic rings. The van der Waals surface area contributed by atoms with Crippen molar-refractivity contribution in [3.05, 3.63) is 29.8 Å². The zero-order valence-corrected chi connectivity index (χ0v) is 12.7. The molecule has 0 aliphatic carbocycles. The Labute approximate surface area is 129 Å². The second kappa shape index (κ2) is 7.06. The number of hydrogen-bond acceptors (Lipinski definition) is 3. The van der Waals surface area contributed by atoms with Crippen LogP contribution >= 0.6 is 0 Å². The van der Waals surface area contributed by atoms with Crippen LogP contribution in [0.3, 0.4) is 0 Å².